The van der Waals surface area contributed by atoms with Gasteiger partial charge in [0.15, 0.2) is 0 Å². The van der Waals surface area contributed by atoms with Gasteiger partial charge in [0, 0.05) is 32.7 Å². The largest absolute Gasteiger partial charge is 0.443 e. The summed E-state index contributed by atoms with van der Waals surface area (Å²) in [7, 11) is -1.26. The fourth-order valence-corrected chi connectivity index (χ4v) is 6.72. The smallest absolute Gasteiger partial charge is 0.419 e. The maximum atomic E-state index is 15.3. The van der Waals surface area contributed by atoms with Crippen molar-refractivity contribution in [1.29, 1.82) is 0 Å². The van der Waals surface area contributed by atoms with Crippen LogP contribution in [0.3, 0.4) is 0 Å². The first-order chi connectivity index (χ1) is 17.9. The lowest BCUT2D eigenvalue weighted by atomic mass is 9.87. The molecular weight excluding hydrogens is 517 g/mol. The molecule has 1 aliphatic carbocycles. The summed E-state index contributed by atoms with van der Waals surface area (Å²) in [6.07, 6.45) is 0.743. The van der Waals surface area contributed by atoms with Crippen LogP contribution in [0.4, 0.5) is 9.18 Å². The molecule has 0 radical (unpaired) electrons. The van der Waals surface area contributed by atoms with Gasteiger partial charge in [-0.1, -0.05) is 31.5 Å². The summed E-state index contributed by atoms with van der Waals surface area (Å²) in [5, 5.41) is -1.08. The number of rotatable bonds is 10. The molecule has 3 unspecified atom stereocenters. The van der Waals surface area contributed by atoms with Crippen LogP contribution < -0.4 is 0 Å². The highest BCUT2D eigenvalue weighted by atomic mass is 32.2. The van der Waals surface area contributed by atoms with Crippen LogP contribution in [0.25, 0.3) is 0 Å². The summed E-state index contributed by atoms with van der Waals surface area (Å²) >= 11 is 0. The van der Waals surface area contributed by atoms with Crippen molar-refractivity contribution in [2.75, 3.05) is 40.7 Å². The third-order valence-corrected chi connectivity index (χ3v) is 8.80. The normalized spacial score (nSPS) is 24.6. The first kappa shape index (κ1) is 30.3. The first-order valence-electron chi connectivity index (χ1n) is 12.9. The molecule has 1 amide bonds. The Hall–Kier alpha value is -2.28. The molecule has 0 aromatic heterocycles. The van der Waals surface area contributed by atoms with Crippen LogP contribution in [-0.4, -0.2) is 87.3 Å². The number of fused-ring (bicyclic) bond motifs is 1. The standard InChI is InChI=1S/C26H40FN3O7S/c1-7-8-13-36-19-16-22-26(17-19,20-11-9-10-12-21(20)27)28-23(29(5)38(22,32)33)30(18-35-15-14-34-6)24(31)37-25(2,3)4/h9-12,19,22H,7-8,13-18H2,1-6H3. The molecule has 10 nitrogen and oxygen atoms in total. The Kier molecular flexibility index (Phi) is 9.77. The van der Waals surface area contributed by atoms with Gasteiger partial charge in [-0.25, -0.2) is 31.8 Å². The van der Waals surface area contributed by atoms with Crippen molar-refractivity contribution < 1.29 is 36.6 Å². The van der Waals surface area contributed by atoms with Gasteiger partial charge in [-0.05, 0) is 39.7 Å². The second-order valence-electron chi connectivity index (χ2n) is 10.5. The molecule has 2 aliphatic rings. The summed E-state index contributed by atoms with van der Waals surface area (Å²) < 4.78 is 66.5. The Balaban J connectivity index is 2.15. The summed E-state index contributed by atoms with van der Waals surface area (Å²) in [4.78, 5) is 19.2. The van der Waals surface area contributed by atoms with E-state index in [1.165, 1.54) is 20.2 Å². The summed E-state index contributed by atoms with van der Waals surface area (Å²) in [6.45, 7) is 7.66. The minimum absolute atomic E-state index is 0.144. The molecule has 0 bridgehead atoms. The zero-order valence-electron chi connectivity index (χ0n) is 23.1. The molecule has 0 spiro atoms. The van der Waals surface area contributed by atoms with Gasteiger partial charge in [0.25, 0.3) is 0 Å². The Labute approximate surface area is 225 Å². The number of halogens is 1. The molecule has 3 rings (SSSR count). The van der Waals surface area contributed by atoms with E-state index >= 15 is 4.39 Å². The molecule has 38 heavy (non-hydrogen) atoms. The zero-order valence-corrected chi connectivity index (χ0v) is 23.9. The van der Waals surface area contributed by atoms with E-state index in [4.69, 9.17) is 23.9 Å². The van der Waals surface area contributed by atoms with Crippen molar-refractivity contribution >= 4 is 22.1 Å². The molecule has 1 saturated carbocycles. The van der Waals surface area contributed by atoms with Crippen LogP contribution in [-0.2, 0) is 34.5 Å². The van der Waals surface area contributed by atoms with E-state index in [9.17, 15) is 13.2 Å². The number of benzene rings is 1. The number of nitrogens with zero attached hydrogens (tertiary/aromatic N) is 3. The number of hydrogen-bond acceptors (Lipinski definition) is 8. The van der Waals surface area contributed by atoms with Crippen LogP contribution in [0, 0.1) is 5.82 Å². The summed E-state index contributed by atoms with van der Waals surface area (Å²) in [5.74, 6) is -0.778. The maximum absolute atomic E-state index is 15.3. The first-order valence-corrected chi connectivity index (χ1v) is 14.4. The molecule has 3 atom stereocenters. The third kappa shape index (κ3) is 6.47. The van der Waals surface area contributed by atoms with Crippen LogP contribution in [0.1, 0.15) is 58.9 Å². The lowest BCUT2D eigenvalue weighted by Gasteiger charge is -2.42. The molecule has 0 N–H and O–H groups in total. The highest BCUT2D eigenvalue weighted by Crippen LogP contribution is 2.51. The summed E-state index contributed by atoms with van der Waals surface area (Å²) in [5.41, 5.74) is -2.23. The quantitative estimate of drug-likeness (QED) is 0.318. The lowest BCUT2D eigenvalue weighted by molar-refractivity contribution is -0.00425. The van der Waals surface area contributed by atoms with Crippen molar-refractivity contribution in [2.24, 2.45) is 4.99 Å². The number of carbonyl (C=O) groups excluding carboxylic acids is 1. The Bertz CT molecular complexity index is 1110. The van der Waals surface area contributed by atoms with Gasteiger partial charge >= 0.3 is 6.09 Å². The van der Waals surface area contributed by atoms with Crippen LogP contribution in [0.5, 0.6) is 0 Å². The number of hydrogen-bond donors (Lipinski definition) is 0. The second kappa shape index (κ2) is 12.3. The average molecular weight is 558 g/mol. The van der Waals surface area contributed by atoms with Crippen molar-refractivity contribution in [2.45, 2.75) is 75.9 Å². The van der Waals surface area contributed by atoms with E-state index in [-0.39, 0.29) is 44.3 Å². The third-order valence-electron chi connectivity index (χ3n) is 6.57. The van der Waals surface area contributed by atoms with Gasteiger partial charge < -0.3 is 18.9 Å². The van der Waals surface area contributed by atoms with E-state index in [2.05, 4.69) is 0 Å². The number of aliphatic imine (C=N–C) groups is 1. The lowest BCUT2D eigenvalue weighted by Crippen LogP contribution is -2.59. The van der Waals surface area contributed by atoms with Crippen molar-refractivity contribution in [3.8, 4) is 0 Å². The number of amides is 1. The topological polar surface area (TPSA) is 107 Å². The molecule has 1 fully saturated rings. The average Bonchev–Trinajstić information content (AvgIpc) is 3.22. The van der Waals surface area contributed by atoms with Gasteiger partial charge in [0.05, 0.1) is 19.3 Å². The molecule has 1 aromatic carbocycles. The molecule has 12 heteroatoms. The van der Waals surface area contributed by atoms with E-state index < -0.39 is 44.4 Å². The van der Waals surface area contributed by atoms with E-state index in [0.29, 0.717) is 6.61 Å². The molecule has 1 aromatic rings. The fraction of sp³-hybridized carbons (Fsp3) is 0.692. The molecular formula is C26H40FN3O7S. The monoisotopic (exact) mass is 557 g/mol. The van der Waals surface area contributed by atoms with Gasteiger partial charge in [0.1, 0.15) is 28.9 Å². The minimum Gasteiger partial charge on any atom is -0.443 e. The van der Waals surface area contributed by atoms with Crippen LogP contribution in [0.15, 0.2) is 29.3 Å². The number of methoxy groups -OCH3 is 1. The van der Waals surface area contributed by atoms with Crippen molar-refractivity contribution in [1.82, 2.24) is 9.21 Å². The minimum atomic E-state index is -4.11. The SMILES string of the molecule is CCCCOC1CC2C(c3ccccc3F)(C1)N=C(N(COCCOC)C(=O)OC(C)(C)C)N(C)S2(=O)=O. The fourth-order valence-electron chi connectivity index (χ4n) is 4.75. The van der Waals surface area contributed by atoms with Gasteiger partial charge in [-0.3, -0.25) is 0 Å². The van der Waals surface area contributed by atoms with Crippen molar-refractivity contribution in [3.05, 3.63) is 35.6 Å². The zero-order chi connectivity index (χ0) is 28.1. The highest BCUT2D eigenvalue weighted by molar-refractivity contribution is 7.90. The Morgan fingerprint density at radius 1 is 1.24 bits per heavy atom. The molecule has 1 heterocycles. The molecule has 214 valence electrons. The maximum Gasteiger partial charge on any atom is 0.419 e. The Morgan fingerprint density at radius 2 is 1.95 bits per heavy atom. The number of guanidine groups is 1. The number of sulfonamides is 1. The number of unbranched alkanes of at least 4 members (excludes halogenated alkanes) is 1. The van der Waals surface area contributed by atoms with Gasteiger partial charge in [-0.15, -0.1) is 0 Å². The molecule has 1 aliphatic heterocycles. The van der Waals surface area contributed by atoms with Crippen molar-refractivity contribution in [3.63, 3.8) is 0 Å². The number of carbonyl (C=O) groups is 1. The van der Waals surface area contributed by atoms with E-state index in [0.717, 1.165) is 22.0 Å². The summed E-state index contributed by atoms with van der Waals surface area (Å²) in [6, 6.07) is 6.02. The van der Waals surface area contributed by atoms with Gasteiger partial charge in [-0.2, -0.15) is 0 Å². The highest BCUT2D eigenvalue weighted by Gasteiger charge is 2.61. The second-order valence-corrected chi connectivity index (χ2v) is 12.7. The van der Waals surface area contributed by atoms with Crippen LogP contribution >= 0.6 is 0 Å². The van der Waals surface area contributed by atoms with E-state index in [1.54, 1.807) is 39.0 Å². The van der Waals surface area contributed by atoms with Gasteiger partial charge in [0.2, 0.25) is 16.0 Å². The predicted molar refractivity (Wildman–Crippen MR) is 141 cm³/mol. The predicted octanol–water partition coefficient (Wildman–Crippen LogP) is 3.86. The Morgan fingerprint density at radius 3 is 2.58 bits per heavy atom. The van der Waals surface area contributed by atoms with Crippen LogP contribution in [0.2, 0.25) is 0 Å². The molecule has 0 saturated heterocycles. The van der Waals surface area contributed by atoms with E-state index in [1.807, 2.05) is 6.92 Å². The number of ether oxygens (including phenoxy) is 4.